The molecule has 234 valence electrons. The van der Waals surface area contributed by atoms with Crippen LogP contribution >= 0.6 is 11.5 Å². The Bertz CT molecular complexity index is 2110. The maximum atomic E-state index is 13.4. The second-order valence-corrected chi connectivity index (χ2v) is 12.8. The minimum atomic E-state index is -0.436. The van der Waals surface area contributed by atoms with E-state index < -0.39 is 16.6 Å². The SMILES string of the molecule is CC(C)(C)c1cc(NC(=O)Nc2ccc(OCCc3ccncc3)c3ccccc23)n(-c2ccc(Cn3sc(=O)[nH]c3=O)cc2)n1. The molecule has 6 rings (SSSR count). The lowest BCUT2D eigenvalue weighted by Crippen LogP contribution is -2.21. The predicted molar refractivity (Wildman–Crippen MR) is 181 cm³/mol. The van der Waals surface area contributed by atoms with Crippen molar-refractivity contribution in [1.29, 1.82) is 0 Å². The van der Waals surface area contributed by atoms with E-state index in [-0.39, 0.29) is 12.0 Å². The third-order valence-corrected chi connectivity index (χ3v) is 8.17. The summed E-state index contributed by atoms with van der Waals surface area (Å²) >= 11 is 0.842. The molecule has 0 aliphatic heterocycles. The maximum absolute atomic E-state index is 13.4. The smallest absolute Gasteiger partial charge is 0.338 e. The summed E-state index contributed by atoms with van der Waals surface area (Å²) in [7, 11) is 0. The van der Waals surface area contributed by atoms with Crippen LogP contribution in [0.2, 0.25) is 0 Å². The van der Waals surface area contributed by atoms with Crippen LogP contribution in [0.1, 0.15) is 37.6 Å². The van der Waals surface area contributed by atoms with Gasteiger partial charge in [0.1, 0.15) is 11.6 Å². The molecule has 3 aromatic carbocycles. The molecular formula is C34H33N7O4S. The molecule has 0 saturated heterocycles. The number of H-pyrrole nitrogens is 1. The number of urea groups is 1. The molecule has 0 bridgehead atoms. The van der Waals surface area contributed by atoms with Crippen molar-refractivity contribution in [3.8, 4) is 11.4 Å². The average molecular weight is 636 g/mol. The van der Waals surface area contributed by atoms with E-state index in [4.69, 9.17) is 9.84 Å². The van der Waals surface area contributed by atoms with E-state index in [0.717, 1.165) is 57.0 Å². The fourth-order valence-corrected chi connectivity index (χ4v) is 5.64. The van der Waals surface area contributed by atoms with Crippen LogP contribution in [0.25, 0.3) is 16.5 Å². The highest BCUT2D eigenvalue weighted by Gasteiger charge is 2.22. The highest BCUT2D eigenvalue weighted by molar-refractivity contribution is 7.03. The Morgan fingerprint density at radius 3 is 2.35 bits per heavy atom. The van der Waals surface area contributed by atoms with Crippen LogP contribution in [0.5, 0.6) is 5.75 Å². The van der Waals surface area contributed by atoms with Crippen molar-refractivity contribution in [1.82, 2.24) is 23.7 Å². The molecule has 0 radical (unpaired) electrons. The lowest BCUT2D eigenvalue weighted by molar-refractivity contribution is 0.262. The van der Waals surface area contributed by atoms with Gasteiger partial charge < -0.3 is 10.1 Å². The standard InChI is InChI=1S/C34H33N7O4S/c1-34(2,3)29-20-30(41(39-29)24-10-8-23(9-11-24)21-40-32(43)38-33(44)46-40)37-31(42)36-27-12-13-28(26-7-5-4-6-25(26)27)45-19-16-22-14-17-35-18-15-22/h4-15,17-18,20H,16,19,21H2,1-3H3,(H2,36,37,42)(H,38,43,44). The van der Waals surface area contributed by atoms with Crippen molar-refractivity contribution in [2.24, 2.45) is 0 Å². The van der Waals surface area contributed by atoms with Crippen LogP contribution < -0.4 is 25.9 Å². The van der Waals surface area contributed by atoms with Crippen molar-refractivity contribution in [3.05, 3.63) is 128 Å². The first-order valence-corrected chi connectivity index (χ1v) is 15.5. The third-order valence-electron chi connectivity index (χ3n) is 7.39. The molecule has 0 aliphatic carbocycles. The summed E-state index contributed by atoms with van der Waals surface area (Å²) in [6.45, 7) is 6.94. The van der Waals surface area contributed by atoms with Gasteiger partial charge in [-0.05, 0) is 47.5 Å². The quantitative estimate of drug-likeness (QED) is 0.180. The fraction of sp³-hybridized carbons (Fsp3) is 0.206. The van der Waals surface area contributed by atoms with Gasteiger partial charge in [-0.1, -0.05) is 57.2 Å². The number of carbonyl (C=O) groups is 1. The van der Waals surface area contributed by atoms with E-state index in [1.807, 2.05) is 78.9 Å². The van der Waals surface area contributed by atoms with Gasteiger partial charge in [-0.2, -0.15) is 5.10 Å². The van der Waals surface area contributed by atoms with E-state index >= 15 is 0 Å². The number of pyridine rings is 1. The van der Waals surface area contributed by atoms with E-state index in [1.54, 1.807) is 17.1 Å². The predicted octanol–water partition coefficient (Wildman–Crippen LogP) is 5.94. The number of nitrogens with one attached hydrogen (secondary N) is 3. The van der Waals surface area contributed by atoms with Crippen molar-refractivity contribution >= 4 is 39.8 Å². The zero-order chi connectivity index (χ0) is 32.3. The van der Waals surface area contributed by atoms with Gasteiger partial charge in [-0.3, -0.25) is 20.1 Å². The Balaban J connectivity index is 1.20. The number of nitrogens with zero attached hydrogens (tertiary/aromatic N) is 4. The molecule has 0 spiro atoms. The molecule has 3 N–H and O–H groups in total. The summed E-state index contributed by atoms with van der Waals surface area (Å²) < 4.78 is 9.18. The summed E-state index contributed by atoms with van der Waals surface area (Å²) in [6, 6.07) is 24.3. The average Bonchev–Trinajstić information content (AvgIpc) is 3.60. The van der Waals surface area contributed by atoms with Crippen LogP contribution in [0, 0.1) is 0 Å². The summed E-state index contributed by atoms with van der Waals surface area (Å²) in [5.41, 5.74) is 3.45. The molecule has 11 nitrogen and oxygen atoms in total. The van der Waals surface area contributed by atoms with Gasteiger partial charge >= 0.3 is 16.6 Å². The molecule has 0 unspecified atom stereocenters. The zero-order valence-electron chi connectivity index (χ0n) is 25.6. The maximum Gasteiger partial charge on any atom is 0.338 e. The van der Waals surface area contributed by atoms with E-state index in [9.17, 15) is 14.4 Å². The third kappa shape index (κ3) is 6.92. The number of hydrogen-bond acceptors (Lipinski definition) is 7. The number of benzene rings is 3. The van der Waals surface area contributed by atoms with Crippen molar-refractivity contribution in [2.75, 3.05) is 17.2 Å². The van der Waals surface area contributed by atoms with Crippen molar-refractivity contribution in [3.63, 3.8) is 0 Å². The number of carbonyl (C=O) groups excluding carboxylic acids is 1. The van der Waals surface area contributed by atoms with Gasteiger partial charge in [0.2, 0.25) is 0 Å². The first kappa shape index (κ1) is 30.5. The number of ether oxygens (including phenoxy) is 1. The Morgan fingerprint density at radius 1 is 0.913 bits per heavy atom. The molecule has 2 amide bonds. The van der Waals surface area contributed by atoms with E-state index in [0.29, 0.717) is 18.1 Å². The van der Waals surface area contributed by atoms with E-state index in [2.05, 4.69) is 41.4 Å². The van der Waals surface area contributed by atoms with Crippen LogP contribution in [0.3, 0.4) is 0 Å². The van der Waals surface area contributed by atoms with Gasteiger partial charge in [0.25, 0.3) is 0 Å². The highest BCUT2D eigenvalue weighted by Crippen LogP contribution is 2.32. The van der Waals surface area contributed by atoms with Gasteiger partial charge in [0.15, 0.2) is 0 Å². The van der Waals surface area contributed by atoms with Crippen LogP contribution in [-0.4, -0.2) is 36.3 Å². The van der Waals surface area contributed by atoms with Crippen LogP contribution in [0.15, 0.2) is 101 Å². The number of aromatic amines is 1. The number of amides is 2. The largest absolute Gasteiger partial charge is 0.493 e. The first-order valence-electron chi connectivity index (χ1n) is 14.8. The monoisotopic (exact) mass is 635 g/mol. The van der Waals surface area contributed by atoms with Crippen LogP contribution in [0.4, 0.5) is 16.3 Å². The van der Waals surface area contributed by atoms with Crippen LogP contribution in [-0.2, 0) is 18.4 Å². The Kier molecular flexibility index (Phi) is 8.53. The van der Waals surface area contributed by atoms with Gasteiger partial charge in [0.05, 0.1) is 30.2 Å². The first-order chi connectivity index (χ1) is 22.1. The summed E-state index contributed by atoms with van der Waals surface area (Å²) in [5, 5.41) is 12.5. The molecule has 12 heteroatoms. The molecular weight excluding hydrogens is 602 g/mol. The summed E-state index contributed by atoms with van der Waals surface area (Å²) in [5.74, 6) is 1.23. The number of anilines is 2. The number of hydrogen-bond donors (Lipinski definition) is 3. The number of aromatic nitrogens is 5. The summed E-state index contributed by atoms with van der Waals surface area (Å²) in [6.07, 6.45) is 4.29. The Morgan fingerprint density at radius 2 is 1.65 bits per heavy atom. The lowest BCUT2D eigenvalue weighted by atomic mass is 9.92. The Hall–Kier alpha value is -5.49. The van der Waals surface area contributed by atoms with Crippen molar-refractivity contribution in [2.45, 2.75) is 39.2 Å². The second kappa shape index (κ2) is 12.9. The normalized spacial score (nSPS) is 11.5. The fourth-order valence-electron chi connectivity index (χ4n) is 4.96. The van der Waals surface area contributed by atoms with Gasteiger partial charge in [-0.25, -0.2) is 18.2 Å². The second-order valence-electron chi connectivity index (χ2n) is 11.8. The molecule has 0 aliphatic rings. The molecule has 0 atom stereocenters. The van der Waals surface area contributed by atoms with Gasteiger partial charge in [-0.15, -0.1) is 0 Å². The highest BCUT2D eigenvalue weighted by atomic mass is 32.1. The molecule has 0 saturated carbocycles. The minimum Gasteiger partial charge on any atom is -0.493 e. The topological polar surface area (TPSA) is 136 Å². The molecule has 46 heavy (non-hydrogen) atoms. The molecule has 3 heterocycles. The Labute approximate surface area is 268 Å². The molecule has 6 aromatic rings. The minimum absolute atomic E-state index is 0.269. The number of fused-ring (bicyclic) bond motifs is 1. The molecule has 0 fully saturated rings. The molecule has 3 aromatic heterocycles. The number of rotatable bonds is 9. The van der Waals surface area contributed by atoms with Crippen molar-refractivity contribution < 1.29 is 9.53 Å². The summed E-state index contributed by atoms with van der Waals surface area (Å²) in [4.78, 5) is 42.8. The van der Waals surface area contributed by atoms with Gasteiger partial charge in [0, 0.05) is 52.6 Å². The zero-order valence-corrected chi connectivity index (χ0v) is 26.4. The lowest BCUT2D eigenvalue weighted by Gasteiger charge is -2.14. The van der Waals surface area contributed by atoms with E-state index in [1.165, 1.54) is 3.96 Å².